The maximum absolute atomic E-state index is 12.0. The monoisotopic (exact) mass is 324 g/mol. The van der Waals surface area contributed by atoms with E-state index < -0.39 is 48.3 Å². The quantitative estimate of drug-likeness (QED) is 0.764. The predicted octanol–water partition coefficient (Wildman–Crippen LogP) is 0.564. The fourth-order valence-electron chi connectivity index (χ4n) is 0.881. The summed E-state index contributed by atoms with van der Waals surface area (Å²) in [6, 6.07) is 0. The van der Waals surface area contributed by atoms with Crippen molar-refractivity contribution in [3.8, 4) is 0 Å². The van der Waals surface area contributed by atoms with Crippen molar-refractivity contribution >= 4 is 19.7 Å². The Morgan fingerprint density at radius 1 is 0.833 bits per heavy atom. The van der Waals surface area contributed by atoms with Crippen molar-refractivity contribution in [2.45, 2.75) is 22.0 Å². The van der Waals surface area contributed by atoms with Gasteiger partial charge in [0.2, 0.25) is 0 Å². The Balaban J connectivity index is 5.95. The lowest BCUT2D eigenvalue weighted by atomic mass is 10.5. The Labute approximate surface area is 97.2 Å². The van der Waals surface area contributed by atoms with Crippen LogP contribution in [-0.4, -0.2) is 44.1 Å². The smallest absolute Gasteiger partial charge is 0.396 e. The van der Waals surface area contributed by atoms with Gasteiger partial charge >= 0.3 is 11.0 Å². The number of alkyl halides is 6. The average Bonchev–Trinajstić information content (AvgIpc) is 2.09. The van der Waals surface area contributed by atoms with Gasteiger partial charge in [0.1, 0.15) is 0 Å². The molecule has 0 rings (SSSR count). The summed E-state index contributed by atoms with van der Waals surface area (Å²) in [6.45, 7) is -1.48. The normalized spacial score (nSPS) is 15.1. The third kappa shape index (κ3) is 3.06. The molecule has 0 aliphatic rings. The topological polar surface area (TPSA) is 88.5 Å². The summed E-state index contributed by atoms with van der Waals surface area (Å²) in [6.07, 6.45) is -1.73. The number of sulfone groups is 2. The second kappa shape index (κ2) is 4.85. The van der Waals surface area contributed by atoms with Crippen molar-refractivity contribution in [2.24, 2.45) is 0 Å². The molecule has 0 aliphatic heterocycles. The number of aliphatic hydroxyl groups excluding tert-OH is 1. The molecule has 0 bridgehead atoms. The number of aliphatic hydroxyl groups is 1. The molecule has 0 heterocycles. The third-order valence-corrected chi connectivity index (χ3v) is 6.37. The van der Waals surface area contributed by atoms with E-state index >= 15 is 0 Å². The lowest BCUT2D eigenvalue weighted by molar-refractivity contribution is -0.0473. The third-order valence-electron chi connectivity index (χ3n) is 1.70. The van der Waals surface area contributed by atoms with E-state index in [4.69, 9.17) is 5.11 Å². The standard InChI is InChI=1S/C5H6F6O5S2/c6-4(7,8)17(13,14)3(1-2-12)18(15,16)5(9,10)11/h3,12H,1-2H2. The van der Waals surface area contributed by atoms with Gasteiger partial charge in [-0.2, -0.15) is 26.3 Å². The maximum atomic E-state index is 12.0. The highest BCUT2D eigenvalue weighted by molar-refractivity contribution is 8.09. The van der Waals surface area contributed by atoms with Gasteiger partial charge in [0.15, 0.2) is 4.58 Å². The Morgan fingerprint density at radius 3 is 1.28 bits per heavy atom. The first kappa shape index (κ1) is 17.4. The largest absolute Gasteiger partial charge is 0.498 e. The van der Waals surface area contributed by atoms with E-state index in [0.717, 1.165) is 0 Å². The van der Waals surface area contributed by atoms with E-state index in [1.807, 2.05) is 0 Å². The molecule has 0 unspecified atom stereocenters. The summed E-state index contributed by atoms with van der Waals surface area (Å²) >= 11 is 0. The minimum absolute atomic E-state index is 1.48. The average molecular weight is 324 g/mol. The molecule has 13 heteroatoms. The molecule has 5 nitrogen and oxygen atoms in total. The molecular weight excluding hydrogens is 318 g/mol. The van der Waals surface area contributed by atoms with Crippen molar-refractivity contribution < 1.29 is 48.3 Å². The molecule has 0 aromatic heterocycles. The number of halogens is 6. The van der Waals surface area contributed by atoms with Crippen LogP contribution in [0.2, 0.25) is 0 Å². The van der Waals surface area contributed by atoms with Crippen LogP contribution < -0.4 is 0 Å². The molecule has 0 saturated carbocycles. The highest BCUT2D eigenvalue weighted by atomic mass is 32.3. The second-order valence-electron chi connectivity index (χ2n) is 2.92. The van der Waals surface area contributed by atoms with Crippen LogP contribution in [0.1, 0.15) is 6.42 Å². The summed E-state index contributed by atoms with van der Waals surface area (Å²) in [7, 11) is -13.2. The van der Waals surface area contributed by atoms with Crippen molar-refractivity contribution in [3.63, 3.8) is 0 Å². The van der Waals surface area contributed by atoms with E-state index in [2.05, 4.69) is 0 Å². The minimum Gasteiger partial charge on any atom is -0.396 e. The lowest BCUT2D eigenvalue weighted by Crippen LogP contribution is -2.45. The molecule has 18 heavy (non-hydrogen) atoms. The van der Waals surface area contributed by atoms with Gasteiger partial charge in [-0.05, 0) is 0 Å². The van der Waals surface area contributed by atoms with E-state index in [1.165, 1.54) is 0 Å². The summed E-state index contributed by atoms with van der Waals surface area (Å²) in [5, 5.41) is 8.23. The molecule has 0 amide bonds. The van der Waals surface area contributed by atoms with Crippen molar-refractivity contribution in [1.29, 1.82) is 0 Å². The zero-order valence-electron chi connectivity index (χ0n) is 8.16. The first-order chi connectivity index (χ1) is 7.69. The second-order valence-corrected chi connectivity index (χ2v) is 7.47. The molecule has 0 saturated heterocycles. The summed E-state index contributed by atoms with van der Waals surface area (Å²) < 4.78 is 111. The highest BCUT2D eigenvalue weighted by Gasteiger charge is 2.62. The number of rotatable bonds is 4. The zero-order chi connectivity index (χ0) is 15.0. The van der Waals surface area contributed by atoms with Gasteiger partial charge in [0.25, 0.3) is 19.7 Å². The zero-order valence-corrected chi connectivity index (χ0v) is 9.79. The van der Waals surface area contributed by atoms with Gasteiger partial charge in [-0.25, -0.2) is 16.8 Å². The van der Waals surface area contributed by atoms with Gasteiger partial charge < -0.3 is 5.11 Å². The molecule has 0 atom stereocenters. The van der Waals surface area contributed by atoms with Crippen molar-refractivity contribution in [2.75, 3.05) is 6.61 Å². The molecule has 0 aromatic rings. The van der Waals surface area contributed by atoms with Gasteiger partial charge in [0, 0.05) is 13.0 Å². The first-order valence-corrected chi connectivity index (χ1v) is 7.00. The van der Waals surface area contributed by atoms with Crippen LogP contribution in [-0.2, 0) is 19.7 Å². The van der Waals surface area contributed by atoms with E-state index in [-0.39, 0.29) is 0 Å². The van der Waals surface area contributed by atoms with E-state index in [1.54, 1.807) is 0 Å². The summed E-state index contributed by atoms with van der Waals surface area (Å²) in [5.41, 5.74) is -12.4. The molecule has 0 aromatic carbocycles. The van der Waals surface area contributed by atoms with Crippen LogP contribution in [0.15, 0.2) is 0 Å². The molecule has 0 spiro atoms. The van der Waals surface area contributed by atoms with Crippen LogP contribution in [0.5, 0.6) is 0 Å². The molecule has 1 N–H and O–H groups in total. The van der Waals surface area contributed by atoms with E-state index in [9.17, 15) is 43.2 Å². The minimum atomic E-state index is -6.61. The Hall–Kier alpha value is -0.560. The van der Waals surface area contributed by atoms with Crippen LogP contribution in [0.4, 0.5) is 26.3 Å². The molecular formula is C5H6F6O5S2. The highest BCUT2D eigenvalue weighted by Crippen LogP contribution is 2.37. The molecule has 0 aliphatic carbocycles. The molecule has 0 radical (unpaired) electrons. The van der Waals surface area contributed by atoms with Crippen LogP contribution >= 0.6 is 0 Å². The van der Waals surface area contributed by atoms with E-state index in [0.29, 0.717) is 0 Å². The Kier molecular flexibility index (Phi) is 4.69. The Morgan fingerprint density at radius 2 is 1.11 bits per heavy atom. The fraction of sp³-hybridized carbons (Fsp3) is 1.00. The number of hydrogen-bond donors (Lipinski definition) is 1. The van der Waals surface area contributed by atoms with Gasteiger partial charge in [0.05, 0.1) is 0 Å². The maximum Gasteiger partial charge on any atom is 0.498 e. The SMILES string of the molecule is O=S(=O)(C(CCO)S(=O)(=O)C(F)(F)F)C(F)(F)F. The van der Waals surface area contributed by atoms with Crippen LogP contribution in [0.3, 0.4) is 0 Å². The summed E-state index contributed by atoms with van der Waals surface area (Å²) in [5.74, 6) is 0. The molecule has 0 fully saturated rings. The summed E-state index contributed by atoms with van der Waals surface area (Å²) in [4.78, 5) is 0. The molecule has 110 valence electrons. The van der Waals surface area contributed by atoms with Crippen LogP contribution in [0.25, 0.3) is 0 Å². The van der Waals surface area contributed by atoms with Gasteiger partial charge in [-0.3, -0.25) is 0 Å². The predicted molar refractivity (Wildman–Crippen MR) is 45.4 cm³/mol. The van der Waals surface area contributed by atoms with Gasteiger partial charge in [-0.1, -0.05) is 0 Å². The van der Waals surface area contributed by atoms with Crippen LogP contribution in [0, 0.1) is 0 Å². The lowest BCUT2D eigenvalue weighted by Gasteiger charge is -2.19. The fourth-order valence-corrected chi connectivity index (χ4v) is 4.30. The number of hydrogen-bond acceptors (Lipinski definition) is 5. The van der Waals surface area contributed by atoms with Gasteiger partial charge in [-0.15, -0.1) is 0 Å². The van der Waals surface area contributed by atoms with Crippen molar-refractivity contribution in [1.82, 2.24) is 0 Å². The first-order valence-electron chi connectivity index (χ1n) is 3.90. The Bertz CT molecular complexity index is 441. The van der Waals surface area contributed by atoms with Crippen molar-refractivity contribution in [3.05, 3.63) is 0 Å².